The van der Waals surface area contributed by atoms with Gasteiger partial charge < -0.3 is 14.7 Å². The van der Waals surface area contributed by atoms with Crippen LogP contribution >= 0.6 is 22.6 Å². The van der Waals surface area contributed by atoms with Gasteiger partial charge in [-0.2, -0.15) is 0 Å². The van der Waals surface area contributed by atoms with Crippen molar-refractivity contribution in [3.63, 3.8) is 0 Å². The van der Waals surface area contributed by atoms with Crippen LogP contribution in [0.1, 0.15) is 38.3 Å². The lowest BCUT2D eigenvalue weighted by atomic mass is 9.71. The number of hydrogen-bond acceptors (Lipinski definition) is 3. The summed E-state index contributed by atoms with van der Waals surface area (Å²) in [5.41, 5.74) is -0.133. The number of benzene rings is 2. The lowest BCUT2D eigenvalue weighted by Gasteiger charge is -2.32. The first kappa shape index (κ1) is 21.7. The van der Waals surface area contributed by atoms with Crippen LogP contribution in [-0.4, -0.2) is 29.4 Å². The van der Waals surface area contributed by atoms with Gasteiger partial charge in [0.2, 0.25) is 0 Å². The molecule has 6 heteroatoms. The Hall–Kier alpha value is -1.51. The van der Waals surface area contributed by atoms with Crippen molar-refractivity contribution in [3.05, 3.63) is 63.2 Å². The van der Waals surface area contributed by atoms with Crippen LogP contribution in [-0.2, 0) is 21.7 Å². The van der Waals surface area contributed by atoms with Gasteiger partial charge in [0.05, 0.1) is 18.3 Å². The van der Waals surface area contributed by atoms with E-state index in [0.29, 0.717) is 13.0 Å². The van der Waals surface area contributed by atoms with Gasteiger partial charge in [0.1, 0.15) is 5.67 Å². The van der Waals surface area contributed by atoms with Crippen molar-refractivity contribution < 1.29 is 19.0 Å². The first-order chi connectivity index (χ1) is 14.2. The number of ether oxygens (including phenoxy) is 1. The van der Waals surface area contributed by atoms with Gasteiger partial charge in [-0.1, -0.05) is 37.3 Å². The van der Waals surface area contributed by atoms with Crippen LogP contribution in [0.5, 0.6) is 0 Å². The number of carbonyl (C=O) groups excluding carboxylic acids is 1. The third kappa shape index (κ3) is 3.37. The number of hydrogen-bond donors (Lipinski definition) is 1. The zero-order valence-electron chi connectivity index (χ0n) is 17.4. The molecule has 2 heterocycles. The van der Waals surface area contributed by atoms with Crippen LogP contribution in [0.25, 0.3) is 0 Å². The summed E-state index contributed by atoms with van der Waals surface area (Å²) in [6.45, 7) is 5.31. The molecule has 0 bridgehead atoms. The number of amides is 1. The summed E-state index contributed by atoms with van der Waals surface area (Å²) < 4.78 is 22.8. The largest absolute Gasteiger partial charge is 0.396 e. The van der Waals surface area contributed by atoms with E-state index in [0.717, 1.165) is 20.4 Å². The van der Waals surface area contributed by atoms with Crippen molar-refractivity contribution >= 4 is 34.2 Å². The third-order valence-electron chi connectivity index (χ3n) is 6.51. The quantitative estimate of drug-likeness (QED) is 0.573. The van der Waals surface area contributed by atoms with Crippen LogP contribution in [0, 0.1) is 15.4 Å². The highest BCUT2D eigenvalue weighted by Gasteiger charge is 2.65. The Morgan fingerprint density at radius 2 is 1.97 bits per heavy atom. The molecule has 4 rings (SSSR count). The Bertz CT molecular complexity index is 959. The van der Waals surface area contributed by atoms with Gasteiger partial charge in [-0.3, -0.25) is 4.79 Å². The maximum Gasteiger partial charge on any atom is 0.264 e. The summed E-state index contributed by atoms with van der Waals surface area (Å²) in [7, 11) is 0. The topological polar surface area (TPSA) is 49.8 Å². The smallest absolute Gasteiger partial charge is 0.264 e. The highest BCUT2D eigenvalue weighted by molar-refractivity contribution is 14.1. The maximum absolute atomic E-state index is 15.3. The highest BCUT2D eigenvalue weighted by atomic mass is 127. The summed E-state index contributed by atoms with van der Waals surface area (Å²) in [6, 6.07) is 15.7. The molecule has 0 saturated carbocycles. The second-order valence-corrected chi connectivity index (χ2v) is 10.1. The number of para-hydroxylation sites is 1. The summed E-state index contributed by atoms with van der Waals surface area (Å²) in [4.78, 5) is 15.7. The second kappa shape index (κ2) is 7.88. The fourth-order valence-electron chi connectivity index (χ4n) is 5.37. The van der Waals surface area contributed by atoms with E-state index >= 15 is 4.39 Å². The number of anilines is 1. The van der Waals surface area contributed by atoms with E-state index < -0.39 is 23.3 Å². The molecule has 4 atom stereocenters. The first-order valence-corrected chi connectivity index (χ1v) is 11.4. The Balaban J connectivity index is 1.80. The predicted molar refractivity (Wildman–Crippen MR) is 123 cm³/mol. The molecular weight excluding hydrogens is 496 g/mol. The summed E-state index contributed by atoms with van der Waals surface area (Å²) in [5.74, 6) is -1.02. The molecule has 2 aromatic carbocycles. The zero-order chi connectivity index (χ0) is 21.7. The van der Waals surface area contributed by atoms with E-state index in [9.17, 15) is 9.90 Å². The second-order valence-electron chi connectivity index (χ2n) is 8.82. The Labute approximate surface area is 190 Å². The zero-order valence-corrected chi connectivity index (χ0v) is 19.6. The number of alkyl halides is 1. The maximum atomic E-state index is 15.3. The molecule has 1 amide bonds. The normalized spacial score (nSPS) is 28.4. The number of aliphatic hydroxyl groups excluding tert-OH is 1. The van der Waals surface area contributed by atoms with Crippen LogP contribution in [0.15, 0.2) is 48.5 Å². The van der Waals surface area contributed by atoms with Crippen LogP contribution < -0.4 is 4.90 Å². The van der Waals surface area contributed by atoms with Gasteiger partial charge in [0, 0.05) is 27.6 Å². The lowest BCUT2D eigenvalue weighted by Crippen LogP contribution is -2.45. The molecule has 2 aromatic rings. The van der Waals surface area contributed by atoms with Crippen molar-refractivity contribution in [3.8, 4) is 0 Å². The molecule has 1 spiro atoms. The molecule has 2 aliphatic rings. The number of carbonyl (C=O) groups is 1. The fraction of sp³-hybridized carbons (Fsp3) is 0.458. The van der Waals surface area contributed by atoms with Gasteiger partial charge in [-0.15, -0.1) is 0 Å². The number of halogens is 2. The molecule has 1 N–H and O–H groups in total. The molecule has 0 aliphatic carbocycles. The van der Waals surface area contributed by atoms with Crippen molar-refractivity contribution in [1.82, 2.24) is 0 Å². The summed E-state index contributed by atoms with van der Waals surface area (Å²) >= 11 is 2.26. The average molecular weight is 523 g/mol. The minimum atomic E-state index is -1.54. The summed E-state index contributed by atoms with van der Waals surface area (Å²) in [5, 5.41) is 9.56. The van der Waals surface area contributed by atoms with Gasteiger partial charge in [0.25, 0.3) is 5.91 Å². The number of aliphatic hydroxyl groups is 1. The van der Waals surface area contributed by atoms with Crippen molar-refractivity contribution in [2.24, 2.45) is 11.8 Å². The van der Waals surface area contributed by atoms with Crippen LogP contribution in [0.2, 0.25) is 0 Å². The van der Waals surface area contributed by atoms with Crippen molar-refractivity contribution in [1.29, 1.82) is 0 Å². The molecule has 0 unspecified atom stereocenters. The SMILES string of the molecule is C[C@@H]1[C@@H](C(C)(C)F)[C@H](CCO)O[C@@]12C(=O)N(Cc1cccc(I)c1)c1ccccc12. The molecule has 1 saturated heterocycles. The third-order valence-corrected chi connectivity index (χ3v) is 7.18. The molecule has 160 valence electrons. The molecule has 0 radical (unpaired) electrons. The van der Waals surface area contributed by atoms with E-state index in [1.807, 2.05) is 49.4 Å². The molecule has 0 aromatic heterocycles. The van der Waals surface area contributed by atoms with E-state index in [4.69, 9.17) is 4.74 Å². The van der Waals surface area contributed by atoms with Gasteiger partial charge in [0.15, 0.2) is 5.60 Å². The van der Waals surface area contributed by atoms with Crippen molar-refractivity contribution in [2.75, 3.05) is 11.5 Å². The van der Waals surface area contributed by atoms with E-state index in [-0.39, 0.29) is 18.4 Å². The summed E-state index contributed by atoms with van der Waals surface area (Å²) in [6.07, 6.45) is -0.226. The van der Waals surface area contributed by atoms with E-state index in [1.165, 1.54) is 13.8 Å². The van der Waals surface area contributed by atoms with E-state index in [2.05, 4.69) is 28.7 Å². The Morgan fingerprint density at radius 3 is 2.63 bits per heavy atom. The Kier molecular flexibility index (Phi) is 5.70. The van der Waals surface area contributed by atoms with Gasteiger partial charge >= 0.3 is 0 Å². The molecule has 30 heavy (non-hydrogen) atoms. The number of fused-ring (bicyclic) bond motifs is 2. The van der Waals surface area contributed by atoms with E-state index in [1.54, 1.807) is 4.90 Å². The number of nitrogens with zero attached hydrogens (tertiary/aromatic N) is 1. The highest BCUT2D eigenvalue weighted by Crippen LogP contribution is 2.58. The Morgan fingerprint density at radius 1 is 1.23 bits per heavy atom. The molecule has 1 fully saturated rings. The van der Waals surface area contributed by atoms with Gasteiger partial charge in [-0.05, 0) is 66.6 Å². The lowest BCUT2D eigenvalue weighted by molar-refractivity contribution is -0.146. The van der Waals surface area contributed by atoms with Gasteiger partial charge in [-0.25, -0.2) is 4.39 Å². The monoisotopic (exact) mass is 523 g/mol. The van der Waals surface area contributed by atoms with Crippen molar-refractivity contribution in [2.45, 2.75) is 51.1 Å². The van der Waals surface area contributed by atoms with Crippen LogP contribution in [0.3, 0.4) is 0 Å². The molecule has 2 aliphatic heterocycles. The first-order valence-electron chi connectivity index (χ1n) is 10.3. The fourth-order valence-corrected chi connectivity index (χ4v) is 5.98. The van der Waals surface area contributed by atoms with Crippen LogP contribution in [0.4, 0.5) is 10.1 Å². The minimum Gasteiger partial charge on any atom is -0.396 e. The molecule has 4 nitrogen and oxygen atoms in total. The standard InChI is InChI=1S/C24H27FINO3/c1-15-21(23(2,3)25)20(11-12-28)30-24(15)18-9-4-5-10-19(18)27(22(24)29)14-16-7-6-8-17(26)13-16/h4-10,13,15,20-21,28H,11-12,14H2,1-3H3/t15-,20+,21-,24+/m1/s1. The average Bonchev–Trinajstić information content (AvgIpc) is 3.10. The predicted octanol–water partition coefficient (Wildman–Crippen LogP) is 4.81. The minimum absolute atomic E-state index is 0.109. The number of rotatable bonds is 5. The molecular formula is C24H27FINO3.